The van der Waals surface area contributed by atoms with E-state index in [-0.39, 0.29) is 37.4 Å². The smallest absolute Gasteiger partial charge is 0.324 e. The number of amides is 4. The lowest BCUT2D eigenvalue weighted by Crippen LogP contribution is -2.63. The Bertz CT molecular complexity index is 2630. The van der Waals surface area contributed by atoms with E-state index < -0.39 is 53.3 Å². The fraction of sp³-hybridized carbons (Fsp3) is 0.528. The van der Waals surface area contributed by atoms with Crippen molar-refractivity contribution in [1.82, 2.24) is 45.0 Å². The van der Waals surface area contributed by atoms with Gasteiger partial charge in [-0.15, -0.1) is 0 Å². The molecule has 6 bridgehead atoms. The molecule has 3 fully saturated rings. The average molecular weight is 958 g/mol. The molecule has 4 aliphatic heterocycles. The van der Waals surface area contributed by atoms with Crippen LogP contribution in [-0.4, -0.2) is 155 Å². The largest absolute Gasteiger partial charge is 0.464 e. The van der Waals surface area contributed by atoms with Crippen LogP contribution in [0, 0.1) is 29.1 Å². The van der Waals surface area contributed by atoms with Gasteiger partial charge in [0, 0.05) is 87.7 Å². The molecule has 2 N–H and O–H groups in total. The Balaban J connectivity index is 1.11. The van der Waals surface area contributed by atoms with Crippen molar-refractivity contribution >= 4 is 40.5 Å². The van der Waals surface area contributed by atoms with Crippen LogP contribution in [0.25, 0.3) is 33.3 Å². The molecule has 0 aliphatic carbocycles. The number of likely N-dealkylation sites (N-methyl/N-ethyl adjacent to an activating group) is 1. The molecule has 2 aromatic carbocycles. The predicted octanol–water partition coefficient (Wildman–Crippen LogP) is 4.25. The minimum absolute atomic E-state index is 0.120. The zero-order valence-corrected chi connectivity index (χ0v) is 41.5. The number of methoxy groups -OCH3 is 1. The SMILES string of the molecule is CCn1c(-c2cncnc2)c2c3cc(ccc31)-c1cccc(c1)[C@H](OC)[C@H](NC(=O)[C@H](C(C)C)N(C)C(=O)[C@H]1CCN(C(=O)C#CCN3CCOCC3)C1)C(=O)N1CCC[C@H](N1)C(=O)OCC(C)(C)C2. The van der Waals surface area contributed by atoms with Crippen molar-refractivity contribution in [2.24, 2.45) is 17.3 Å². The van der Waals surface area contributed by atoms with Gasteiger partial charge in [-0.2, -0.15) is 0 Å². The van der Waals surface area contributed by atoms with Crippen molar-refractivity contribution in [1.29, 1.82) is 0 Å². The van der Waals surface area contributed by atoms with Gasteiger partial charge >= 0.3 is 5.97 Å². The molecule has 0 unspecified atom stereocenters. The number of aromatic nitrogens is 3. The summed E-state index contributed by atoms with van der Waals surface area (Å²) < 4.78 is 20.0. The third-order valence-electron chi connectivity index (χ3n) is 14.1. The summed E-state index contributed by atoms with van der Waals surface area (Å²) in [6.07, 6.45) is 6.12. The molecule has 70 heavy (non-hydrogen) atoms. The van der Waals surface area contributed by atoms with Crippen molar-refractivity contribution in [2.75, 3.05) is 73.2 Å². The van der Waals surface area contributed by atoms with E-state index >= 15 is 4.79 Å². The normalized spacial score (nSPS) is 22.5. The highest BCUT2D eigenvalue weighted by atomic mass is 16.5. The van der Waals surface area contributed by atoms with Crippen LogP contribution in [-0.2, 0) is 51.1 Å². The Morgan fingerprint density at radius 1 is 1.00 bits per heavy atom. The van der Waals surface area contributed by atoms with Gasteiger partial charge in [0.2, 0.25) is 11.8 Å². The van der Waals surface area contributed by atoms with Crippen LogP contribution in [0.2, 0.25) is 0 Å². The van der Waals surface area contributed by atoms with Gasteiger partial charge < -0.3 is 33.9 Å². The summed E-state index contributed by atoms with van der Waals surface area (Å²) in [4.78, 5) is 85.0. The number of nitrogens with zero attached hydrogens (tertiary/aromatic N) is 7. The van der Waals surface area contributed by atoms with Gasteiger partial charge in [-0.3, -0.25) is 33.9 Å². The number of benzene rings is 2. The molecule has 3 saturated heterocycles. The summed E-state index contributed by atoms with van der Waals surface area (Å²) in [5.41, 5.74) is 9.10. The van der Waals surface area contributed by atoms with E-state index in [0.717, 1.165) is 51.9 Å². The van der Waals surface area contributed by atoms with Gasteiger partial charge in [0.05, 0.1) is 38.0 Å². The van der Waals surface area contributed by atoms with Crippen molar-refractivity contribution < 1.29 is 38.2 Å². The number of nitrogens with one attached hydrogen (secondary N) is 2. The van der Waals surface area contributed by atoms with Crippen LogP contribution in [0.15, 0.2) is 61.2 Å². The van der Waals surface area contributed by atoms with Gasteiger partial charge in [0.25, 0.3) is 11.8 Å². The summed E-state index contributed by atoms with van der Waals surface area (Å²) in [5.74, 6) is 2.67. The highest BCUT2D eigenvalue weighted by Gasteiger charge is 2.43. The lowest BCUT2D eigenvalue weighted by atomic mass is 9.84. The lowest BCUT2D eigenvalue weighted by Gasteiger charge is -2.38. The Morgan fingerprint density at radius 2 is 1.76 bits per heavy atom. The molecule has 17 nitrogen and oxygen atoms in total. The van der Waals surface area contributed by atoms with E-state index in [1.807, 2.05) is 50.5 Å². The fourth-order valence-corrected chi connectivity index (χ4v) is 10.5. The quantitative estimate of drug-likeness (QED) is 0.180. The van der Waals surface area contributed by atoms with Crippen LogP contribution in [0.3, 0.4) is 0 Å². The number of hydrogen-bond donors (Lipinski definition) is 2. The standard InChI is InChI=1S/C53H67N9O8/c1-8-61-43-17-16-36-27-40(43)41(47(61)39-29-54-33-55-30-39)28-53(4,5)32-70-52(67)42-14-10-20-62(57-42)51(66)45(48(68-7)37-13-9-12-35(36)26-37)56-49(64)46(34(2)3)58(6)50(65)38-18-21-60(31-38)44(63)15-11-19-59-22-24-69-25-23-59/h9,12-13,16-17,26-27,29-30,33-34,38,42,45-46,48,57H,8,10,14,18-25,28,31-32H2,1-7H3,(H,56,64)/t38-,42-,45-,46-,48-/m0/s1. The second-order valence-electron chi connectivity index (χ2n) is 20.0. The molecule has 0 saturated carbocycles. The zero-order valence-electron chi connectivity index (χ0n) is 41.5. The summed E-state index contributed by atoms with van der Waals surface area (Å²) in [5, 5.41) is 5.48. The number of carbonyl (C=O) groups excluding carboxylic acids is 5. The molecule has 4 aliphatic rings. The van der Waals surface area contributed by atoms with Crippen LogP contribution < -0.4 is 10.7 Å². The third kappa shape index (κ3) is 10.9. The van der Waals surface area contributed by atoms with Crippen LogP contribution in [0.4, 0.5) is 0 Å². The van der Waals surface area contributed by atoms with Gasteiger partial charge in [0.1, 0.15) is 30.6 Å². The first-order valence-electron chi connectivity index (χ1n) is 24.6. The number of morpholine rings is 1. The maximum atomic E-state index is 15.0. The second kappa shape index (κ2) is 21.8. The third-order valence-corrected chi connectivity index (χ3v) is 14.1. The summed E-state index contributed by atoms with van der Waals surface area (Å²) in [7, 11) is 3.09. The minimum Gasteiger partial charge on any atom is -0.464 e. The molecule has 5 atom stereocenters. The topological polar surface area (TPSA) is 181 Å². The number of ether oxygens (including phenoxy) is 3. The number of hydrogen-bond acceptors (Lipinski definition) is 12. The van der Waals surface area contributed by atoms with Crippen LogP contribution >= 0.6 is 0 Å². The van der Waals surface area contributed by atoms with Crippen LogP contribution in [0.5, 0.6) is 0 Å². The number of hydrazine groups is 1. The van der Waals surface area contributed by atoms with E-state index in [4.69, 9.17) is 14.2 Å². The van der Waals surface area contributed by atoms with Crippen LogP contribution in [0.1, 0.15) is 71.1 Å². The lowest BCUT2D eigenvalue weighted by molar-refractivity contribution is -0.157. The van der Waals surface area contributed by atoms with Gasteiger partial charge in [-0.1, -0.05) is 57.9 Å². The Morgan fingerprint density at radius 3 is 2.49 bits per heavy atom. The summed E-state index contributed by atoms with van der Waals surface area (Å²) in [6, 6.07) is 11.1. The summed E-state index contributed by atoms with van der Waals surface area (Å²) in [6.45, 7) is 14.9. The van der Waals surface area contributed by atoms with Crippen molar-refractivity contribution in [3.05, 3.63) is 72.3 Å². The molecule has 4 aromatic rings. The highest BCUT2D eigenvalue weighted by molar-refractivity contribution is 5.97. The molecule has 17 heteroatoms. The van der Waals surface area contributed by atoms with E-state index in [1.54, 1.807) is 11.9 Å². The number of cyclic esters (lactones) is 1. The number of aryl methyl sites for hydroxylation is 1. The van der Waals surface area contributed by atoms with Crippen molar-refractivity contribution in [2.45, 2.75) is 91.1 Å². The second-order valence-corrected chi connectivity index (χ2v) is 20.0. The first kappa shape index (κ1) is 50.2. The van der Waals surface area contributed by atoms with E-state index in [9.17, 15) is 19.2 Å². The molecular weight excluding hydrogens is 891 g/mol. The van der Waals surface area contributed by atoms with E-state index in [0.29, 0.717) is 64.1 Å². The Hall–Kier alpha value is -6.19. The molecule has 0 radical (unpaired) electrons. The minimum atomic E-state index is -1.29. The number of esters is 1. The van der Waals surface area contributed by atoms with Gasteiger partial charge in [0.15, 0.2) is 0 Å². The first-order valence-corrected chi connectivity index (χ1v) is 24.6. The fourth-order valence-electron chi connectivity index (χ4n) is 10.5. The Labute approximate surface area is 410 Å². The average Bonchev–Trinajstić information content (AvgIpc) is 3.98. The van der Waals surface area contributed by atoms with Crippen molar-refractivity contribution in [3.8, 4) is 34.2 Å². The van der Waals surface area contributed by atoms with Gasteiger partial charge in [-0.05, 0) is 84.9 Å². The highest BCUT2D eigenvalue weighted by Crippen LogP contribution is 2.40. The molecule has 8 rings (SSSR count). The molecule has 4 amide bonds. The molecule has 2 aromatic heterocycles. The molecule has 6 heterocycles. The molecule has 0 spiro atoms. The molecule has 372 valence electrons. The predicted molar refractivity (Wildman–Crippen MR) is 263 cm³/mol. The zero-order chi connectivity index (χ0) is 49.7. The van der Waals surface area contributed by atoms with Crippen molar-refractivity contribution in [3.63, 3.8) is 0 Å². The Kier molecular flexibility index (Phi) is 15.7. The molecular formula is C53H67N9O8. The monoisotopic (exact) mass is 958 g/mol. The number of rotatable bonds is 9. The van der Waals surface area contributed by atoms with E-state index in [1.165, 1.54) is 23.3 Å². The maximum absolute atomic E-state index is 15.0. The number of likely N-dealkylation sites (tertiary alicyclic amines) is 1. The number of carbonyl (C=O) groups is 5. The maximum Gasteiger partial charge on any atom is 0.324 e. The number of fused-ring (bicyclic) bond motifs is 6. The van der Waals surface area contributed by atoms with Gasteiger partial charge in [-0.25, -0.2) is 15.4 Å². The van der Waals surface area contributed by atoms with E-state index in [2.05, 4.69) is 81.0 Å². The summed E-state index contributed by atoms with van der Waals surface area (Å²) >= 11 is 0. The first-order chi connectivity index (χ1) is 33.7.